The van der Waals surface area contributed by atoms with Gasteiger partial charge in [-0.1, -0.05) is 76.2 Å². The Morgan fingerprint density at radius 2 is 0.900 bits per heavy atom. The number of rotatable bonds is 7. The highest BCUT2D eigenvalue weighted by Crippen LogP contribution is 2.42. The molecule has 4 rings (SSSR count). The van der Waals surface area contributed by atoms with Crippen molar-refractivity contribution in [3.8, 4) is 22.6 Å². The zero-order chi connectivity index (χ0) is 29.1. The topological polar surface area (TPSA) is 65.2 Å². The first kappa shape index (κ1) is 28.8. The highest BCUT2D eigenvalue weighted by atomic mass is 16.3. The average molecular weight is 533 g/mol. The number of phenolic OH excluding ortho intramolecular Hbond substituents is 2. The van der Waals surface area contributed by atoms with Gasteiger partial charge in [0.2, 0.25) is 0 Å². The molecule has 0 aliphatic carbocycles. The molecule has 0 amide bonds. The summed E-state index contributed by atoms with van der Waals surface area (Å²) in [5.41, 5.74) is 11.0. The number of phenols is 2. The van der Waals surface area contributed by atoms with Crippen LogP contribution < -0.4 is 0 Å². The summed E-state index contributed by atoms with van der Waals surface area (Å²) in [5, 5.41) is 22.0. The lowest BCUT2D eigenvalue weighted by Crippen LogP contribution is -1.96. The van der Waals surface area contributed by atoms with Gasteiger partial charge in [-0.05, 0) is 85.0 Å². The van der Waals surface area contributed by atoms with Crippen LogP contribution in [0.1, 0.15) is 84.0 Å². The number of nitrogens with zero attached hydrogens (tertiary/aromatic N) is 2. The van der Waals surface area contributed by atoms with Crippen molar-refractivity contribution in [1.82, 2.24) is 0 Å². The van der Waals surface area contributed by atoms with Gasteiger partial charge >= 0.3 is 0 Å². The minimum Gasteiger partial charge on any atom is -0.507 e. The van der Waals surface area contributed by atoms with Crippen LogP contribution in [0.3, 0.4) is 0 Å². The Kier molecular flexibility index (Phi) is 8.58. The zero-order valence-corrected chi connectivity index (χ0v) is 24.9. The second-order valence-corrected chi connectivity index (χ2v) is 11.2. The highest BCUT2D eigenvalue weighted by Gasteiger charge is 2.17. The van der Waals surface area contributed by atoms with Gasteiger partial charge in [0.15, 0.2) is 0 Å². The maximum absolute atomic E-state index is 11.0. The van der Waals surface area contributed by atoms with Crippen molar-refractivity contribution in [2.75, 3.05) is 0 Å². The standard InChI is InChI=1S/C36H40N2O2/c1-21(2)27-17-15-23(5)29(35(27)39)19-37-31-13-9-11-25(7)33(31)34-26(8)12-10-14-32(34)38-20-30-24(6)16-18-28(22(3)4)36(30)40/h9-22,39-40H,1-8H3. The van der Waals surface area contributed by atoms with Crippen molar-refractivity contribution < 1.29 is 10.2 Å². The first-order valence-corrected chi connectivity index (χ1v) is 13.9. The molecule has 40 heavy (non-hydrogen) atoms. The smallest absolute Gasteiger partial charge is 0.128 e. The first-order chi connectivity index (χ1) is 19.0. The molecule has 0 unspecified atom stereocenters. The summed E-state index contributed by atoms with van der Waals surface area (Å²) < 4.78 is 0. The van der Waals surface area contributed by atoms with E-state index in [0.29, 0.717) is 0 Å². The summed E-state index contributed by atoms with van der Waals surface area (Å²) in [6.07, 6.45) is 3.55. The van der Waals surface area contributed by atoms with E-state index in [9.17, 15) is 10.2 Å². The van der Waals surface area contributed by atoms with Crippen LogP contribution in [-0.2, 0) is 0 Å². The third-order valence-electron chi connectivity index (χ3n) is 7.59. The molecule has 206 valence electrons. The van der Waals surface area contributed by atoms with Crippen molar-refractivity contribution in [3.63, 3.8) is 0 Å². The zero-order valence-electron chi connectivity index (χ0n) is 24.9. The van der Waals surface area contributed by atoms with E-state index in [0.717, 1.165) is 67.0 Å². The van der Waals surface area contributed by atoms with Crippen molar-refractivity contribution >= 4 is 23.8 Å². The SMILES string of the molecule is Cc1ccc(C(C)C)c(O)c1C=Nc1cccc(C)c1-c1c(C)cccc1N=Cc1c(C)ccc(C(C)C)c1O. The van der Waals surface area contributed by atoms with Gasteiger partial charge < -0.3 is 10.2 Å². The molecular weight excluding hydrogens is 492 g/mol. The highest BCUT2D eigenvalue weighted by molar-refractivity contribution is 5.95. The summed E-state index contributed by atoms with van der Waals surface area (Å²) in [6, 6.07) is 20.2. The maximum Gasteiger partial charge on any atom is 0.128 e. The predicted molar refractivity (Wildman–Crippen MR) is 170 cm³/mol. The van der Waals surface area contributed by atoms with Crippen molar-refractivity contribution in [2.45, 2.75) is 67.2 Å². The van der Waals surface area contributed by atoms with Gasteiger partial charge in [-0.25, -0.2) is 0 Å². The molecule has 0 aliphatic heterocycles. The Morgan fingerprint density at radius 1 is 0.525 bits per heavy atom. The van der Waals surface area contributed by atoms with Gasteiger partial charge in [-0.15, -0.1) is 0 Å². The van der Waals surface area contributed by atoms with Crippen LogP contribution in [0, 0.1) is 27.7 Å². The fourth-order valence-corrected chi connectivity index (χ4v) is 5.15. The third kappa shape index (κ3) is 5.72. The fraction of sp³-hybridized carbons (Fsp3) is 0.278. The largest absolute Gasteiger partial charge is 0.507 e. The van der Waals surface area contributed by atoms with Gasteiger partial charge in [-0.3, -0.25) is 9.98 Å². The Morgan fingerprint density at radius 3 is 1.25 bits per heavy atom. The quantitative estimate of drug-likeness (QED) is 0.233. The Labute approximate surface area is 238 Å². The van der Waals surface area contributed by atoms with E-state index in [1.54, 1.807) is 12.4 Å². The molecule has 0 heterocycles. The predicted octanol–water partition coefficient (Wildman–Crippen LogP) is 9.75. The molecule has 0 saturated heterocycles. The molecule has 4 nitrogen and oxygen atoms in total. The molecule has 4 aromatic rings. The monoisotopic (exact) mass is 532 g/mol. The molecule has 2 N–H and O–H groups in total. The van der Waals surface area contributed by atoms with Crippen LogP contribution in [0.2, 0.25) is 0 Å². The molecular formula is C36H40N2O2. The third-order valence-corrected chi connectivity index (χ3v) is 7.59. The molecule has 0 atom stereocenters. The summed E-state index contributed by atoms with van der Waals surface area (Å²) >= 11 is 0. The van der Waals surface area contributed by atoms with Crippen LogP contribution >= 0.6 is 0 Å². The summed E-state index contributed by atoms with van der Waals surface area (Å²) in [7, 11) is 0. The molecule has 0 aromatic heterocycles. The van der Waals surface area contributed by atoms with E-state index in [4.69, 9.17) is 9.98 Å². The second kappa shape index (κ2) is 11.9. The lowest BCUT2D eigenvalue weighted by Gasteiger charge is -2.16. The number of aryl methyl sites for hydroxylation is 4. The number of hydrogen-bond donors (Lipinski definition) is 2. The van der Waals surface area contributed by atoms with E-state index in [-0.39, 0.29) is 23.3 Å². The van der Waals surface area contributed by atoms with Gasteiger partial charge in [0.05, 0.1) is 11.4 Å². The first-order valence-electron chi connectivity index (χ1n) is 13.9. The molecule has 0 radical (unpaired) electrons. The number of benzene rings is 4. The van der Waals surface area contributed by atoms with Crippen molar-refractivity contribution in [1.29, 1.82) is 0 Å². The van der Waals surface area contributed by atoms with E-state index in [1.165, 1.54) is 0 Å². The van der Waals surface area contributed by atoms with Crippen molar-refractivity contribution in [3.05, 3.63) is 105 Å². The molecule has 0 bridgehead atoms. The van der Waals surface area contributed by atoms with Gasteiger partial charge in [0.25, 0.3) is 0 Å². The lowest BCUT2D eigenvalue weighted by atomic mass is 9.93. The van der Waals surface area contributed by atoms with E-state index in [2.05, 4.69) is 53.7 Å². The molecule has 0 spiro atoms. The maximum atomic E-state index is 11.0. The van der Waals surface area contributed by atoms with Gasteiger partial charge in [-0.2, -0.15) is 0 Å². The average Bonchev–Trinajstić information content (AvgIpc) is 2.88. The van der Waals surface area contributed by atoms with Crippen LogP contribution in [0.15, 0.2) is 70.6 Å². The lowest BCUT2D eigenvalue weighted by molar-refractivity contribution is 0.463. The number of hydrogen-bond acceptors (Lipinski definition) is 4. The van der Waals surface area contributed by atoms with Gasteiger partial charge in [0, 0.05) is 34.7 Å². The molecule has 0 saturated carbocycles. The minimum atomic E-state index is 0.207. The molecule has 4 aromatic carbocycles. The van der Waals surface area contributed by atoms with E-state index < -0.39 is 0 Å². The van der Waals surface area contributed by atoms with E-state index in [1.807, 2.05) is 62.4 Å². The molecule has 0 aliphatic rings. The molecule has 0 fully saturated rings. The Bertz CT molecular complexity index is 1490. The van der Waals surface area contributed by atoms with Crippen molar-refractivity contribution in [2.24, 2.45) is 9.98 Å². The summed E-state index contributed by atoms with van der Waals surface area (Å²) in [4.78, 5) is 9.84. The summed E-state index contributed by atoms with van der Waals surface area (Å²) in [5.74, 6) is 0.985. The molecule has 4 heteroatoms. The van der Waals surface area contributed by atoms with Crippen LogP contribution in [0.25, 0.3) is 11.1 Å². The fourth-order valence-electron chi connectivity index (χ4n) is 5.15. The minimum absolute atomic E-state index is 0.207. The van der Waals surface area contributed by atoms with Crippen LogP contribution in [-0.4, -0.2) is 22.6 Å². The summed E-state index contributed by atoms with van der Waals surface area (Å²) in [6.45, 7) is 16.4. The van der Waals surface area contributed by atoms with E-state index >= 15 is 0 Å². The Hall–Kier alpha value is -4.18. The second-order valence-electron chi connectivity index (χ2n) is 11.2. The van der Waals surface area contributed by atoms with Gasteiger partial charge in [0.1, 0.15) is 11.5 Å². The number of aromatic hydroxyl groups is 2. The van der Waals surface area contributed by atoms with Crippen LogP contribution in [0.4, 0.5) is 11.4 Å². The number of aliphatic imine (C=N–C) groups is 2. The Balaban J connectivity index is 1.85. The normalized spacial score (nSPS) is 11.9. The van der Waals surface area contributed by atoms with Crippen LogP contribution in [0.5, 0.6) is 11.5 Å².